The number of nitrogens with zero attached hydrogens (tertiary/aromatic N) is 3. The summed E-state index contributed by atoms with van der Waals surface area (Å²) in [6.07, 6.45) is 1.83. The van der Waals surface area contributed by atoms with Crippen LogP contribution in [0, 0.1) is 11.3 Å². The summed E-state index contributed by atoms with van der Waals surface area (Å²) < 4.78 is 0. The molecule has 1 aliphatic rings. The van der Waals surface area contributed by atoms with Crippen LogP contribution < -0.4 is 5.32 Å². The predicted octanol–water partition coefficient (Wildman–Crippen LogP) is 0.821. The van der Waals surface area contributed by atoms with Gasteiger partial charge in [-0.1, -0.05) is 13.8 Å². The molecule has 5 heteroatoms. The van der Waals surface area contributed by atoms with Crippen LogP contribution >= 0.6 is 0 Å². The Kier molecular flexibility index (Phi) is 6.82. The zero-order valence-corrected chi connectivity index (χ0v) is 12.4. The minimum Gasteiger partial charge on any atom is -0.355 e. The Bertz CT molecular complexity index is 318. The van der Waals surface area contributed by atoms with E-state index >= 15 is 0 Å². The average molecular weight is 266 g/mol. The fourth-order valence-electron chi connectivity index (χ4n) is 2.43. The van der Waals surface area contributed by atoms with Crippen molar-refractivity contribution in [1.82, 2.24) is 15.1 Å². The second kappa shape index (κ2) is 8.13. The van der Waals surface area contributed by atoms with Crippen molar-refractivity contribution < 1.29 is 4.79 Å². The fraction of sp³-hybridized carbons (Fsp3) is 0.857. The Balaban J connectivity index is 2.41. The Morgan fingerprint density at radius 2 is 1.84 bits per heavy atom. The lowest BCUT2D eigenvalue weighted by Gasteiger charge is -2.38. The topological polar surface area (TPSA) is 59.4 Å². The van der Waals surface area contributed by atoms with Crippen molar-refractivity contribution in [3.05, 3.63) is 0 Å². The monoisotopic (exact) mass is 266 g/mol. The maximum atomic E-state index is 11.9. The van der Waals surface area contributed by atoms with E-state index in [1.165, 1.54) is 0 Å². The smallest absolute Gasteiger partial charge is 0.237 e. The standard InChI is InChI=1S/C14H26N4O/c1-4-6-16-14(19)12(3)17-7-9-18(10-8-17)13(5-2)11-15/h12-13H,4-10H2,1-3H3,(H,16,19). The first-order valence-corrected chi connectivity index (χ1v) is 7.29. The lowest BCUT2D eigenvalue weighted by Crippen LogP contribution is -2.55. The molecule has 1 rings (SSSR count). The molecule has 1 heterocycles. The number of nitrogens with one attached hydrogen (secondary N) is 1. The van der Waals surface area contributed by atoms with Gasteiger partial charge in [-0.25, -0.2) is 0 Å². The summed E-state index contributed by atoms with van der Waals surface area (Å²) in [5.74, 6) is 0.114. The third-order valence-corrected chi connectivity index (χ3v) is 3.80. The zero-order chi connectivity index (χ0) is 14.3. The van der Waals surface area contributed by atoms with Gasteiger partial charge < -0.3 is 5.32 Å². The highest BCUT2D eigenvalue weighted by Gasteiger charge is 2.27. The SMILES string of the molecule is CCCNC(=O)C(C)N1CCN(C(C#N)CC)CC1. The number of carbonyl (C=O) groups is 1. The molecule has 0 saturated carbocycles. The molecule has 108 valence electrons. The van der Waals surface area contributed by atoms with E-state index in [0.717, 1.165) is 45.6 Å². The van der Waals surface area contributed by atoms with Gasteiger partial charge >= 0.3 is 0 Å². The highest BCUT2D eigenvalue weighted by Crippen LogP contribution is 2.11. The second-order valence-corrected chi connectivity index (χ2v) is 5.09. The molecule has 0 aromatic rings. The molecule has 0 spiro atoms. The first kappa shape index (κ1) is 15.9. The number of nitriles is 1. The number of piperazine rings is 1. The van der Waals surface area contributed by atoms with Gasteiger partial charge in [-0.3, -0.25) is 14.6 Å². The van der Waals surface area contributed by atoms with Gasteiger partial charge in [0.2, 0.25) is 5.91 Å². The first-order chi connectivity index (χ1) is 9.13. The van der Waals surface area contributed by atoms with Crippen LogP contribution in [-0.2, 0) is 4.79 Å². The van der Waals surface area contributed by atoms with Crippen molar-refractivity contribution in [1.29, 1.82) is 5.26 Å². The van der Waals surface area contributed by atoms with Gasteiger partial charge in [-0.05, 0) is 19.8 Å². The quantitative estimate of drug-likeness (QED) is 0.773. The Morgan fingerprint density at radius 1 is 1.26 bits per heavy atom. The highest BCUT2D eigenvalue weighted by atomic mass is 16.2. The van der Waals surface area contributed by atoms with Crippen molar-refractivity contribution in [2.24, 2.45) is 0 Å². The lowest BCUT2D eigenvalue weighted by atomic mass is 10.1. The molecule has 0 aromatic carbocycles. The zero-order valence-electron chi connectivity index (χ0n) is 12.4. The fourth-order valence-corrected chi connectivity index (χ4v) is 2.43. The summed E-state index contributed by atoms with van der Waals surface area (Å²) in [5, 5.41) is 12.0. The van der Waals surface area contributed by atoms with Gasteiger partial charge in [0.1, 0.15) is 0 Å². The summed E-state index contributed by atoms with van der Waals surface area (Å²) in [6, 6.07) is 2.29. The molecule has 1 saturated heterocycles. The third-order valence-electron chi connectivity index (χ3n) is 3.80. The second-order valence-electron chi connectivity index (χ2n) is 5.09. The predicted molar refractivity (Wildman–Crippen MR) is 75.6 cm³/mol. The van der Waals surface area contributed by atoms with Crippen LogP contribution in [0.25, 0.3) is 0 Å². The van der Waals surface area contributed by atoms with Gasteiger partial charge in [-0.2, -0.15) is 5.26 Å². The molecule has 1 aliphatic heterocycles. The minimum absolute atomic E-state index is 0.0198. The van der Waals surface area contributed by atoms with Crippen molar-refractivity contribution in [3.63, 3.8) is 0 Å². The van der Waals surface area contributed by atoms with Crippen LogP contribution in [0.3, 0.4) is 0 Å². The molecule has 19 heavy (non-hydrogen) atoms. The van der Waals surface area contributed by atoms with Crippen LogP contribution in [0.15, 0.2) is 0 Å². The summed E-state index contributed by atoms with van der Waals surface area (Å²) in [5.41, 5.74) is 0. The van der Waals surface area contributed by atoms with E-state index in [2.05, 4.69) is 28.1 Å². The molecule has 0 bridgehead atoms. The molecule has 5 nitrogen and oxygen atoms in total. The molecular weight excluding hydrogens is 240 g/mol. The first-order valence-electron chi connectivity index (χ1n) is 7.29. The molecule has 0 aromatic heterocycles. The Labute approximate surface area is 116 Å². The van der Waals surface area contributed by atoms with Crippen LogP contribution in [-0.4, -0.2) is 60.5 Å². The molecule has 0 radical (unpaired) electrons. The van der Waals surface area contributed by atoms with Crippen LogP contribution in [0.2, 0.25) is 0 Å². The maximum absolute atomic E-state index is 11.9. The maximum Gasteiger partial charge on any atom is 0.237 e. The van der Waals surface area contributed by atoms with Gasteiger partial charge in [0, 0.05) is 32.7 Å². The number of carbonyl (C=O) groups excluding carboxylic acids is 1. The average Bonchev–Trinajstić information content (AvgIpc) is 2.46. The van der Waals surface area contributed by atoms with Crippen LogP contribution in [0.4, 0.5) is 0 Å². The summed E-state index contributed by atoms with van der Waals surface area (Å²) in [4.78, 5) is 16.3. The minimum atomic E-state index is -0.0733. The molecule has 1 N–H and O–H groups in total. The summed E-state index contributed by atoms with van der Waals surface area (Å²) in [6.45, 7) is 10.3. The largest absolute Gasteiger partial charge is 0.355 e. The van der Waals surface area contributed by atoms with Crippen molar-refractivity contribution in [2.45, 2.75) is 45.7 Å². The van der Waals surface area contributed by atoms with E-state index in [1.54, 1.807) is 0 Å². The van der Waals surface area contributed by atoms with Crippen LogP contribution in [0.5, 0.6) is 0 Å². The molecule has 1 amide bonds. The van der Waals surface area contributed by atoms with Crippen molar-refractivity contribution >= 4 is 5.91 Å². The van der Waals surface area contributed by atoms with E-state index in [1.807, 2.05) is 13.8 Å². The Hall–Kier alpha value is -1.12. The highest BCUT2D eigenvalue weighted by molar-refractivity contribution is 5.81. The van der Waals surface area contributed by atoms with E-state index in [9.17, 15) is 4.79 Å². The van der Waals surface area contributed by atoms with Gasteiger partial charge in [0.25, 0.3) is 0 Å². The number of amides is 1. The summed E-state index contributed by atoms with van der Waals surface area (Å²) in [7, 11) is 0. The van der Waals surface area contributed by atoms with Crippen LogP contribution in [0.1, 0.15) is 33.6 Å². The van der Waals surface area contributed by atoms with Gasteiger partial charge in [-0.15, -0.1) is 0 Å². The lowest BCUT2D eigenvalue weighted by molar-refractivity contribution is -0.126. The van der Waals surface area contributed by atoms with E-state index < -0.39 is 0 Å². The number of hydrogen-bond donors (Lipinski definition) is 1. The Morgan fingerprint density at radius 3 is 2.32 bits per heavy atom. The third kappa shape index (κ3) is 4.48. The van der Waals surface area contributed by atoms with Gasteiger partial charge in [0.05, 0.1) is 18.2 Å². The van der Waals surface area contributed by atoms with Crippen molar-refractivity contribution in [2.75, 3.05) is 32.7 Å². The van der Waals surface area contributed by atoms with Crippen molar-refractivity contribution in [3.8, 4) is 6.07 Å². The van der Waals surface area contributed by atoms with Gasteiger partial charge in [0.15, 0.2) is 0 Å². The summed E-state index contributed by atoms with van der Waals surface area (Å²) >= 11 is 0. The number of rotatable bonds is 6. The van der Waals surface area contributed by atoms with E-state index in [4.69, 9.17) is 5.26 Å². The molecule has 0 aliphatic carbocycles. The number of hydrogen-bond acceptors (Lipinski definition) is 4. The molecule has 1 fully saturated rings. The normalized spacial score (nSPS) is 20.5. The van der Waals surface area contributed by atoms with E-state index in [-0.39, 0.29) is 18.0 Å². The van der Waals surface area contributed by atoms with E-state index in [0.29, 0.717) is 0 Å². The molecule has 2 atom stereocenters. The molecule has 2 unspecified atom stereocenters. The molecular formula is C14H26N4O.